The first-order valence-electron chi connectivity index (χ1n) is 7.12. The van der Waals surface area contributed by atoms with Gasteiger partial charge in [0.1, 0.15) is 0 Å². The predicted molar refractivity (Wildman–Crippen MR) is 84.1 cm³/mol. The Bertz CT molecular complexity index is 753. The van der Waals surface area contributed by atoms with Gasteiger partial charge in [-0.2, -0.15) is 0 Å². The van der Waals surface area contributed by atoms with Gasteiger partial charge in [0, 0.05) is 24.2 Å². The number of fused-ring (bicyclic) bond motifs is 1. The number of nitrogens with two attached hydrogens (primary N) is 1. The maximum atomic E-state index is 12.6. The van der Waals surface area contributed by atoms with Crippen molar-refractivity contribution >= 4 is 26.5 Å². The summed E-state index contributed by atoms with van der Waals surface area (Å²) >= 11 is 0. The van der Waals surface area contributed by atoms with Gasteiger partial charge in [0.2, 0.25) is 0 Å². The summed E-state index contributed by atoms with van der Waals surface area (Å²) in [4.78, 5) is 2.99. The normalized spacial score (nSPS) is 17.1. The predicted octanol–water partition coefficient (Wildman–Crippen LogP) is 2.10. The van der Waals surface area contributed by atoms with Crippen LogP contribution < -0.4 is 10.6 Å². The van der Waals surface area contributed by atoms with Crippen LogP contribution in [0.1, 0.15) is 19.3 Å². The van der Waals surface area contributed by atoms with E-state index in [1.165, 1.54) is 0 Å². The van der Waals surface area contributed by atoms with Gasteiger partial charge in [0.25, 0.3) is 10.0 Å². The van der Waals surface area contributed by atoms with E-state index in [9.17, 15) is 8.42 Å². The van der Waals surface area contributed by atoms with E-state index in [1.807, 2.05) is 6.07 Å². The summed E-state index contributed by atoms with van der Waals surface area (Å²) in [6.07, 6.45) is 3.20. The summed E-state index contributed by atoms with van der Waals surface area (Å²) < 4.78 is 25.2. The van der Waals surface area contributed by atoms with Crippen molar-refractivity contribution in [2.75, 3.05) is 18.8 Å². The van der Waals surface area contributed by atoms with E-state index in [0.717, 1.165) is 37.7 Å². The molecule has 21 heavy (non-hydrogen) atoms. The molecule has 2 aromatic rings. The van der Waals surface area contributed by atoms with Crippen LogP contribution in [0.4, 0.5) is 5.69 Å². The average molecular weight is 305 g/mol. The van der Waals surface area contributed by atoms with E-state index >= 15 is 0 Å². The second kappa shape index (κ2) is 5.63. The molecule has 0 saturated carbocycles. The molecule has 3 N–H and O–H groups in total. The minimum atomic E-state index is -3.56. The van der Waals surface area contributed by atoms with Crippen molar-refractivity contribution in [1.82, 2.24) is 9.84 Å². The van der Waals surface area contributed by atoms with Gasteiger partial charge in [-0.25, -0.2) is 13.4 Å². The Morgan fingerprint density at radius 1 is 1.05 bits per heavy atom. The Balaban J connectivity index is 1.98. The van der Waals surface area contributed by atoms with Crippen LogP contribution in [0, 0.1) is 0 Å². The van der Waals surface area contributed by atoms with E-state index in [-0.39, 0.29) is 0 Å². The molecule has 3 rings (SSSR count). The van der Waals surface area contributed by atoms with E-state index in [0.29, 0.717) is 16.0 Å². The molecule has 112 valence electrons. The van der Waals surface area contributed by atoms with Crippen molar-refractivity contribution < 1.29 is 8.42 Å². The van der Waals surface area contributed by atoms with Gasteiger partial charge in [0.05, 0.1) is 4.90 Å². The summed E-state index contributed by atoms with van der Waals surface area (Å²) in [5.74, 6) is 0. The molecule has 0 spiro atoms. The molecule has 1 aliphatic rings. The maximum Gasteiger partial charge on any atom is 0.254 e. The standard InChI is InChI=1S/C15H19N3O2S/c16-13-7-8-14-12(11-13)5-4-6-15(14)21(19,20)17-18-9-2-1-3-10-18/h4-8,11,17H,1-3,9-10,16H2. The first kappa shape index (κ1) is 14.3. The van der Waals surface area contributed by atoms with Gasteiger partial charge in [-0.15, -0.1) is 4.83 Å². The molecule has 0 amide bonds. The van der Waals surface area contributed by atoms with Crippen molar-refractivity contribution in [2.24, 2.45) is 0 Å². The van der Waals surface area contributed by atoms with Gasteiger partial charge in [-0.1, -0.05) is 24.6 Å². The van der Waals surface area contributed by atoms with Crippen molar-refractivity contribution in [3.63, 3.8) is 0 Å². The Hall–Kier alpha value is -1.63. The van der Waals surface area contributed by atoms with Crippen LogP contribution in [0.5, 0.6) is 0 Å². The van der Waals surface area contributed by atoms with Crippen LogP contribution in [-0.2, 0) is 10.0 Å². The fourth-order valence-electron chi connectivity index (χ4n) is 2.71. The van der Waals surface area contributed by atoms with Gasteiger partial charge in [-0.05, 0) is 36.4 Å². The minimum absolute atomic E-state index is 0.297. The van der Waals surface area contributed by atoms with Crippen LogP contribution in [0.3, 0.4) is 0 Å². The number of benzene rings is 2. The maximum absolute atomic E-state index is 12.6. The van der Waals surface area contributed by atoms with Gasteiger partial charge in [-0.3, -0.25) is 0 Å². The average Bonchev–Trinajstić information content (AvgIpc) is 2.47. The van der Waals surface area contributed by atoms with Crippen LogP contribution in [0.2, 0.25) is 0 Å². The number of piperidine rings is 1. The Labute approximate surface area is 124 Å². The highest BCUT2D eigenvalue weighted by molar-refractivity contribution is 7.89. The van der Waals surface area contributed by atoms with E-state index in [1.54, 1.807) is 35.3 Å². The third-order valence-corrected chi connectivity index (χ3v) is 5.19. The number of hydrogen-bond acceptors (Lipinski definition) is 4. The second-order valence-electron chi connectivity index (χ2n) is 5.38. The topological polar surface area (TPSA) is 75.4 Å². The molecule has 5 nitrogen and oxygen atoms in total. The molecular formula is C15H19N3O2S. The summed E-state index contributed by atoms with van der Waals surface area (Å²) in [6, 6.07) is 10.5. The van der Waals surface area contributed by atoms with E-state index in [2.05, 4.69) is 4.83 Å². The number of nitrogens with one attached hydrogen (secondary N) is 1. The summed E-state index contributed by atoms with van der Waals surface area (Å²) in [5, 5.41) is 3.31. The van der Waals surface area contributed by atoms with Crippen molar-refractivity contribution in [2.45, 2.75) is 24.2 Å². The van der Waals surface area contributed by atoms with Crippen molar-refractivity contribution in [3.05, 3.63) is 36.4 Å². The van der Waals surface area contributed by atoms with E-state index in [4.69, 9.17) is 5.73 Å². The minimum Gasteiger partial charge on any atom is -0.399 e. The molecule has 0 bridgehead atoms. The Kier molecular flexibility index (Phi) is 3.84. The Morgan fingerprint density at radius 2 is 1.81 bits per heavy atom. The van der Waals surface area contributed by atoms with Gasteiger partial charge >= 0.3 is 0 Å². The quantitative estimate of drug-likeness (QED) is 0.852. The highest BCUT2D eigenvalue weighted by Crippen LogP contribution is 2.25. The zero-order valence-electron chi connectivity index (χ0n) is 11.7. The lowest BCUT2D eigenvalue weighted by atomic mass is 10.1. The molecule has 0 radical (unpaired) electrons. The number of nitrogen functional groups attached to an aromatic ring is 1. The molecule has 0 atom stereocenters. The third-order valence-electron chi connectivity index (χ3n) is 3.76. The number of sulfonamides is 1. The van der Waals surface area contributed by atoms with E-state index < -0.39 is 10.0 Å². The SMILES string of the molecule is Nc1ccc2c(S(=O)(=O)NN3CCCCC3)cccc2c1. The fourth-order valence-corrected chi connectivity index (χ4v) is 4.07. The number of rotatable bonds is 3. The molecule has 6 heteroatoms. The Morgan fingerprint density at radius 3 is 2.57 bits per heavy atom. The molecule has 0 aromatic heterocycles. The summed E-state index contributed by atoms with van der Waals surface area (Å²) in [7, 11) is -3.56. The van der Waals surface area contributed by atoms with Gasteiger partial charge in [0.15, 0.2) is 0 Å². The van der Waals surface area contributed by atoms with Crippen molar-refractivity contribution in [3.8, 4) is 0 Å². The summed E-state index contributed by atoms with van der Waals surface area (Å²) in [6.45, 7) is 1.52. The van der Waals surface area contributed by atoms with Crippen LogP contribution in [0.25, 0.3) is 10.8 Å². The lowest BCUT2D eigenvalue weighted by Crippen LogP contribution is -2.44. The van der Waals surface area contributed by atoms with Crippen LogP contribution in [-0.4, -0.2) is 26.5 Å². The third kappa shape index (κ3) is 3.02. The molecule has 1 saturated heterocycles. The zero-order chi connectivity index (χ0) is 14.9. The molecule has 1 fully saturated rings. The number of anilines is 1. The number of hydrogen-bond donors (Lipinski definition) is 2. The first-order valence-corrected chi connectivity index (χ1v) is 8.60. The zero-order valence-corrected chi connectivity index (χ0v) is 12.6. The largest absolute Gasteiger partial charge is 0.399 e. The molecule has 1 heterocycles. The van der Waals surface area contributed by atoms with Gasteiger partial charge < -0.3 is 5.73 Å². The van der Waals surface area contributed by atoms with Crippen LogP contribution in [0.15, 0.2) is 41.3 Å². The molecule has 0 unspecified atom stereocenters. The van der Waals surface area contributed by atoms with Crippen molar-refractivity contribution in [1.29, 1.82) is 0 Å². The smallest absolute Gasteiger partial charge is 0.254 e. The monoisotopic (exact) mass is 305 g/mol. The number of hydrazine groups is 1. The first-order chi connectivity index (χ1) is 10.1. The fraction of sp³-hybridized carbons (Fsp3) is 0.333. The number of nitrogens with zero attached hydrogens (tertiary/aromatic N) is 1. The highest BCUT2D eigenvalue weighted by atomic mass is 32.2. The molecule has 0 aliphatic carbocycles. The molecule has 1 aliphatic heterocycles. The highest BCUT2D eigenvalue weighted by Gasteiger charge is 2.21. The molecule has 2 aromatic carbocycles. The lowest BCUT2D eigenvalue weighted by molar-refractivity contribution is 0.200. The summed E-state index contributed by atoms with van der Waals surface area (Å²) in [5.41, 5.74) is 6.39. The second-order valence-corrected chi connectivity index (χ2v) is 7.01. The van der Waals surface area contributed by atoms with Crippen LogP contribution >= 0.6 is 0 Å². The molecular weight excluding hydrogens is 286 g/mol. The lowest BCUT2D eigenvalue weighted by Gasteiger charge is -2.26.